The summed E-state index contributed by atoms with van der Waals surface area (Å²) in [6, 6.07) is 0. The first kappa shape index (κ1) is 29.2. The van der Waals surface area contributed by atoms with Crippen LogP contribution in [0.25, 0.3) is 0 Å². The van der Waals surface area contributed by atoms with Gasteiger partial charge in [-0.2, -0.15) is 8.42 Å². The van der Waals surface area contributed by atoms with Crippen molar-refractivity contribution in [2.45, 2.75) is 55.8 Å². The zero-order chi connectivity index (χ0) is 22.7. The lowest BCUT2D eigenvalue weighted by Crippen LogP contribution is -2.47. The van der Waals surface area contributed by atoms with Gasteiger partial charge in [0, 0.05) is 13.0 Å². The van der Waals surface area contributed by atoms with E-state index in [-0.39, 0.29) is 0 Å². The zero-order valence-corrected chi connectivity index (χ0v) is 15.2. The van der Waals surface area contributed by atoms with Gasteiger partial charge in [0.15, 0.2) is 43.2 Å². The number of hydrogen-bond acceptors (Lipinski definition) is 3. The number of rotatable bonds is 12. The van der Waals surface area contributed by atoms with Gasteiger partial charge in [-0.1, -0.05) is 6.08 Å². The standard InChI is InChI=1S/C11H15F9O3S.C3H7N/c12-2-1-4(13)6(15)8(17)10(19)11(20)9(18)7(16)5(14)3-24(21,22)23;1-2-3-4/h4-11H,1-3H2,(H,21,22,23);2H,1,3-4H2. The van der Waals surface area contributed by atoms with Crippen molar-refractivity contribution in [2.75, 3.05) is 19.0 Å². The maximum atomic E-state index is 13.3. The highest BCUT2D eigenvalue weighted by molar-refractivity contribution is 7.85. The van der Waals surface area contributed by atoms with Gasteiger partial charge in [-0.05, 0) is 0 Å². The fourth-order valence-electron chi connectivity index (χ4n) is 1.66. The summed E-state index contributed by atoms with van der Waals surface area (Å²) in [6.07, 6.45) is -27.7. The Balaban J connectivity index is 0. The van der Waals surface area contributed by atoms with Crippen LogP contribution >= 0.6 is 0 Å². The fraction of sp³-hybridized carbons (Fsp3) is 0.857. The lowest BCUT2D eigenvalue weighted by molar-refractivity contribution is -0.0452. The van der Waals surface area contributed by atoms with Crippen molar-refractivity contribution in [2.24, 2.45) is 5.73 Å². The molecule has 4 nitrogen and oxygen atoms in total. The molecular weight excluding hydrogens is 433 g/mol. The van der Waals surface area contributed by atoms with Gasteiger partial charge in [0.05, 0.1) is 6.67 Å². The van der Waals surface area contributed by atoms with E-state index in [0.29, 0.717) is 6.54 Å². The van der Waals surface area contributed by atoms with Crippen LogP contribution in [0, 0.1) is 0 Å². The van der Waals surface area contributed by atoms with Crippen LogP contribution in [0.4, 0.5) is 39.5 Å². The summed E-state index contributed by atoms with van der Waals surface area (Å²) in [6.45, 7) is 2.49. The summed E-state index contributed by atoms with van der Waals surface area (Å²) in [5, 5.41) is 0. The van der Waals surface area contributed by atoms with E-state index in [1.807, 2.05) is 0 Å². The smallest absolute Gasteiger partial charge is 0.267 e. The van der Waals surface area contributed by atoms with E-state index in [1.54, 1.807) is 6.08 Å². The van der Waals surface area contributed by atoms with Crippen LogP contribution in [0.15, 0.2) is 12.7 Å². The minimum atomic E-state index is -5.11. The molecule has 0 heterocycles. The quantitative estimate of drug-likeness (QED) is 0.269. The first-order valence-electron chi connectivity index (χ1n) is 7.69. The molecule has 0 aromatic carbocycles. The molecule has 0 aromatic heterocycles. The second kappa shape index (κ2) is 14.0. The molecule has 0 aliphatic carbocycles. The Morgan fingerprint density at radius 2 is 1.14 bits per heavy atom. The Labute approximate surface area is 156 Å². The largest absolute Gasteiger partial charge is 0.327 e. The third-order valence-electron chi connectivity index (χ3n) is 3.13. The van der Waals surface area contributed by atoms with Crippen molar-refractivity contribution >= 4 is 10.1 Å². The third kappa shape index (κ3) is 11.1. The SMILES string of the molecule is C=CCN.O=S(=O)(O)CC(F)C(F)C(F)C(F)C(F)C(F)C(F)C(F)CCF. The van der Waals surface area contributed by atoms with Gasteiger partial charge in [0.1, 0.15) is 11.9 Å². The number of nitrogens with two attached hydrogens (primary N) is 1. The zero-order valence-electron chi connectivity index (χ0n) is 14.4. The summed E-state index contributed by atoms with van der Waals surface area (Å²) in [7, 11) is -5.11. The number of hydrogen-bond donors (Lipinski definition) is 2. The Kier molecular flexibility index (Phi) is 14.6. The second-order valence-corrected chi connectivity index (χ2v) is 6.95. The molecule has 3 N–H and O–H groups in total. The lowest BCUT2D eigenvalue weighted by atomic mass is 9.97. The molecule has 0 rings (SSSR count). The lowest BCUT2D eigenvalue weighted by Gasteiger charge is -2.26. The van der Waals surface area contributed by atoms with E-state index in [9.17, 15) is 47.9 Å². The van der Waals surface area contributed by atoms with Crippen molar-refractivity contribution in [1.82, 2.24) is 0 Å². The van der Waals surface area contributed by atoms with Crippen LogP contribution in [-0.2, 0) is 10.1 Å². The van der Waals surface area contributed by atoms with Crippen LogP contribution in [0.2, 0.25) is 0 Å². The number of alkyl halides is 9. The summed E-state index contributed by atoms with van der Waals surface area (Å²) >= 11 is 0. The van der Waals surface area contributed by atoms with Gasteiger partial charge in [-0.3, -0.25) is 8.94 Å². The van der Waals surface area contributed by atoms with Gasteiger partial charge in [0.25, 0.3) is 10.1 Å². The van der Waals surface area contributed by atoms with E-state index >= 15 is 0 Å². The molecule has 0 saturated heterocycles. The second-order valence-electron chi connectivity index (χ2n) is 5.45. The van der Waals surface area contributed by atoms with Crippen molar-refractivity contribution in [1.29, 1.82) is 0 Å². The normalized spacial score (nSPS) is 20.5. The summed E-state index contributed by atoms with van der Waals surface area (Å²) in [4.78, 5) is 0. The van der Waals surface area contributed by atoms with E-state index in [1.165, 1.54) is 0 Å². The predicted molar refractivity (Wildman–Crippen MR) is 85.4 cm³/mol. The Hall–Kier alpha value is -1.02. The van der Waals surface area contributed by atoms with Crippen LogP contribution in [0.3, 0.4) is 0 Å². The molecule has 0 aromatic rings. The monoisotopic (exact) mass is 455 g/mol. The maximum Gasteiger partial charge on any atom is 0.267 e. The van der Waals surface area contributed by atoms with Crippen molar-refractivity contribution in [3.63, 3.8) is 0 Å². The molecule has 8 unspecified atom stereocenters. The molecule has 0 aliphatic rings. The van der Waals surface area contributed by atoms with Crippen molar-refractivity contribution < 1.29 is 52.5 Å². The maximum absolute atomic E-state index is 13.3. The highest BCUT2D eigenvalue weighted by atomic mass is 32.2. The molecule has 14 heteroatoms. The highest BCUT2D eigenvalue weighted by Gasteiger charge is 2.47. The van der Waals surface area contributed by atoms with E-state index in [4.69, 9.17) is 10.3 Å². The third-order valence-corrected chi connectivity index (χ3v) is 3.87. The molecule has 0 radical (unpaired) electrons. The summed E-state index contributed by atoms with van der Waals surface area (Å²) in [5.41, 5.74) is 4.91. The minimum absolute atomic E-state index is 0.583. The van der Waals surface area contributed by atoms with Crippen molar-refractivity contribution in [3.8, 4) is 0 Å². The first-order valence-corrected chi connectivity index (χ1v) is 9.30. The van der Waals surface area contributed by atoms with Gasteiger partial charge in [-0.25, -0.2) is 35.1 Å². The molecule has 0 amide bonds. The predicted octanol–water partition coefficient (Wildman–Crippen LogP) is 3.07. The minimum Gasteiger partial charge on any atom is -0.327 e. The average molecular weight is 455 g/mol. The van der Waals surface area contributed by atoms with Gasteiger partial charge in [-0.15, -0.1) is 6.58 Å². The first-order chi connectivity index (χ1) is 12.7. The Bertz CT molecular complexity index is 528. The average Bonchev–Trinajstić information content (AvgIpc) is 2.63. The van der Waals surface area contributed by atoms with Gasteiger partial charge in [0.2, 0.25) is 0 Å². The molecule has 170 valence electrons. The molecule has 0 spiro atoms. The molecule has 0 fully saturated rings. The summed E-state index contributed by atoms with van der Waals surface area (Å²) < 4.78 is 146. The van der Waals surface area contributed by atoms with Gasteiger partial charge < -0.3 is 5.73 Å². The van der Waals surface area contributed by atoms with E-state index < -0.39 is 78.3 Å². The van der Waals surface area contributed by atoms with E-state index in [0.717, 1.165) is 0 Å². The Morgan fingerprint density at radius 1 is 0.821 bits per heavy atom. The van der Waals surface area contributed by atoms with Gasteiger partial charge >= 0.3 is 0 Å². The van der Waals surface area contributed by atoms with Crippen LogP contribution in [0.5, 0.6) is 0 Å². The molecular formula is C14H22F9NO3S. The highest BCUT2D eigenvalue weighted by Crippen LogP contribution is 2.28. The van der Waals surface area contributed by atoms with Crippen molar-refractivity contribution in [3.05, 3.63) is 12.7 Å². The van der Waals surface area contributed by atoms with Crippen LogP contribution in [0.1, 0.15) is 6.42 Å². The van der Waals surface area contributed by atoms with E-state index in [2.05, 4.69) is 6.58 Å². The van der Waals surface area contributed by atoms with Crippen LogP contribution < -0.4 is 5.73 Å². The fourth-order valence-corrected chi connectivity index (χ4v) is 2.24. The molecule has 0 saturated carbocycles. The molecule has 0 aliphatic heterocycles. The number of halogens is 9. The molecule has 8 atom stereocenters. The molecule has 28 heavy (non-hydrogen) atoms. The molecule has 0 bridgehead atoms. The topological polar surface area (TPSA) is 80.4 Å². The Morgan fingerprint density at radius 3 is 1.43 bits per heavy atom. The van der Waals surface area contributed by atoms with Crippen LogP contribution in [-0.4, -0.2) is 81.3 Å². The summed E-state index contributed by atoms with van der Waals surface area (Å²) in [5.74, 6) is -1.98.